The van der Waals surface area contributed by atoms with Crippen LogP contribution in [0.25, 0.3) is 33.3 Å². The highest BCUT2D eigenvalue weighted by Crippen LogP contribution is 2.32. The Labute approximate surface area is 260 Å². The number of hydrogen-bond donors (Lipinski definition) is 3. The lowest BCUT2D eigenvalue weighted by atomic mass is 9.99. The van der Waals surface area contributed by atoms with Crippen LogP contribution in [0.15, 0.2) is 103 Å². The topological polar surface area (TPSA) is 65.1 Å². The third-order valence-corrected chi connectivity index (χ3v) is 8.17. The van der Waals surface area contributed by atoms with Crippen molar-refractivity contribution < 1.29 is 4.39 Å². The van der Waals surface area contributed by atoms with E-state index in [0.29, 0.717) is 12.5 Å². The Morgan fingerprint density at radius 2 is 1.91 bits per heavy atom. The first-order valence-corrected chi connectivity index (χ1v) is 17.0. The Kier molecular flexibility index (Phi) is 8.90. The van der Waals surface area contributed by atoms with E-state index >= 15 is 0 Å². The van der Waals surface area contributed by atoms with E-state index in [0.717, 1.165) is 78.5 Å². The minimum Gasteiger partial charge on any atom is -0.359 e. The summed E-state index contributed by atoms with van der Waals surface area (Å²) in [6.45, 7) is 15.0. The minimum absolute atomic E-state index is 0.297. The number of allylic oxidation sites excluding steroid dienone is 5. The lowest BCUT2D eigenvalue weighted by Crippen LogP contribution is -2.35. The molecule has 0 spiro atoms. The maximum atomic E-state index is 14.7. The van der Waals surface area contributed by atoms with Gasteiger partial charge < -0.3 is 10.3 Å². The van der Waals surface area contributed by atoms with Gasteiger partial charge in [-0.2, -0.15) is 9.39 Å². The molecule has 7 heteroatoms. The zero-order chi connectivity index (χ0) is 31.6. The van der Waals surface area contributed by atoms with Gasteiger partial charge in [-0.3, -0.25) is 9.71 Å². The van der Waals surface area contributed by atoms with Gasteiger partial charge in [0.1, 0.15) is 5.82 Å². The quantitative estimate of drug-likeness (QED) is 0.119. The molecule has 5 rings (SSSR count). The molecule has 2 aromatic carbocycles. The first-order chi connectivity index (χ1) is 20.9. The van der Waals surface area contributed by atoms with Crippen LogP contribution in [0.2, 0.25) is 0 Å². The molecule has 1 aliphatic rings. The first kappa shape index (κ1) is 31.0. The van der Waals surface area contributed by atoms with E-state index in [1.165, 1.54) is 0 Å². The number of benzene rings is 2. The van der Waals surface area contributed by atoms with Crippen LogP contribution in [-0.2, 0) is 6.54 Å². The van der Waals surface area contributed by atoms with Crippen molar-refractivity contribution in [1.82, 2.24) is 20.0 Å². The summed E-state index contributed by atoms with van der Waals surface area (Å²) in [6.07, 6.45) is 12.4. The van der Waals surface area contributed by atoms with Crippen molar-refractivity contribution >= 4 is 43.3 Å². The van der Waals surface area contributed by atoms with Crippen molar-refractivity contribution in [3.63, 3.8) is 0 Å². The largest absolute Gasteiger partial charge is 0.359 e. The summed E-state index contributed by atoms with van der Waals surface area (Å²) in [4.78, 5) is 12.8. The summed E-state index contributed by atoms with van der Waals surface area (Å²) < 4.78 is 18.0. The molecule has 0 saturated heterocycles. The molecule has 1 aliphatic heterocycles. The van der Waals surface area contributed by atoms with E-state index in [1.54, 1.807) is 24.5 Å². The molecule has 0 bridgehead atoms. The maximum Gasteiger partial charge on any atom is 0.124 e. The molecule has 0 unspecified atom stereocenters. The summed E-state index contributed by atoms with van der Waals surface area (Å²) in [5.41, 5.74) is 9.10. The molecule has 0 atom stereocenters. The minimum atomic E-state index is -1.42. The van der Waals surface area contributed by atoms with E-state index in [1.807, 2.05) is 31.4 Å². The molecule has 2 aromatic heterocycles. The highest BCUT2D eigenvalue weighted by molar-refractivity contribution is 8.25. The van der Waals surface area contributed by atoms with Crippen molar-refractivity contribution in [3.8, 4) is 11.1 Å². The third kappa shape index (κ3) is 7.01. The first-order valence-electron chi connectivity index (χ1n) is 14.6. The zero-order valence-corrected chi connectivity index (χ0v) is 26.7. The Bertz CT molecular complexity index is 2080. The van der Waals surface area contributed by atoms with E-state index in [2.05, 4.69) is 89.1 Å². The van der Waals surface area contributed by atoms with Gasteiger partial charge >= 0.3 is 0 Å². The second kappa shape index (κ2) is 12.6. The predicted octanol–water partition coefficient (Wildman–Crippen LogP) is 7.08. The molecule has 3 heterocycles. The molecule has 4 aromatic rings. The Balaban J connectivity index is 1.49. The molecule has 0 fully saturated rings. The van der Waals surface area contributed by atoms with Crippen LogP contribution in [0.5, 0.6) is 0 Å². The predicted molar refractivity (Wildman–Crippen MR) is 189 cm³/mol. The number of nitrogens with one attached hydrogen (secondary N) is 3. The Hall–Kier alpha value is -4.46. The van der Waals surface area contributed by atoms with E-state index < -0.39 is 9.39 Å². The molecule has 44 heavy (non-hydrogen) atoms. The van der Waals surface area contributed by atoms with Crippen LogP contribution in [0.1, 0.15) is 44.0 Å². The van der Waals surface area contributed by atoms with E-state index in [4.69, 9.17) is 4.99 Å². The number of H-pyrrole nitrogens is 1. The fraction of sp³-hybridized carbons (Fsp3) is 0.189. The Morgan fingerprint density at radius 3 is 2.61 bits per heavy atom. The van der Waals surface area contributed by atoms with Gasteiger partial charge in [0.15, 0.2) is 0 Å². The van der Waals surface area contributed by atoms with Gasteiger partial charge in [0.05, 0.1) is 28.5 Å². The van der Waals surface area contributed by atoms with Gasteiger partial charge in [-0.1, -0.05) is 50.9 Å². The van der Waals surface area contributed by atoms with Crippen molar-refractivity contribution in [2.24, 2.45) is 10.9 Å². The maximum absolute atomic E-state index is 14.7. The number of halogens is 1. The van der Waals surface area contributed by atoms with Crippen LogP contribution in [0.4, 0.5) is 4.39 Å². The molecule has 226 valence electrons. The van der Waals surface area contributed by atoms with Crippen LogP contribution >= 0.6 is 9.39 Å². The average molecular weight is 606 g/mol. The third-order valence-electron chi connectivity index (χ3n) is 7.33. The number of nitrogens with zero attached hydrogens (tertiary/aromatic N) is 2. The molecule has 0 saturated carbocycles. The number of fused-ring (bicyclic) bond motifs is 2. The molecule has 0 aliphatic carbocycles. The van der Waals surface area contributed by atoms with Crippen molar-refractivity contribution in [1.29, 1.82) is 0 Å². The zero-order valence-electron chi connectivity index (χ0n) is 25.9. The molecule has 0 amide bonds. The number of hydrogen-bond acceptors (Lipinski definition) is 4. The van der Waals surface area contributed by atoms with Gasteiger partial charge in [-0.15, -0.1) is 0 Å². The molecule has 5 nitrogen and oxygen atoms in total. The van der Waals surface area contributed by atoms with Crippen LogP contribution in [-0.4, -0.2) is 28.0 Å². The van der Waals surface area contributed by atoms with Gasteiger partial charge in [-0.05, 0) is 96.3 Å². The van der Waals surface area contributed by atoms with Crippen LogP contribution in [0.3, 0.4) is 0 Å². The number of aromatic amines is 1. The lowest BCUT2D eigenvalue weighted by Gasteiger charge is -2.14. The second-order valence-electron chi connectivity index (χ2n) is 11.8. The number of aromatic nitrogens is 2. The molecule has 3 N–H and O–H groups in total. The standard InChI is InChI=1S/C37H40FN5S/c1-9-26(17-30(10-2)41-24(5)13-23(3)4)27-11-12-34-32(18-27)37(43-34)35-19-31-33(21-39-22-36(31)42-35)28-14-25(15-29(38)16-28)20-40-44(6,7)8/h9-12,14-19,21-23,40-42H,2,5-7,13,20H2,1,3-4,8H3/b26-9+,30-17+. The molecule has 0 radical (unpaired) electrons. The van der Waals surface area contributed by atoms with Crippen LogP contribution < -0.4 is 20.6 Å². The molecular weight excluding hydrogens is 566 g/mol. The fourth-order valence-electron chi connectivity index (χ4n) is 5.30. The monoisotopic (exact) mass is 605 g/mol. The SMILES string of the molecule is C=C/C(=C\C(=C/C)c1ccc2c(c1)=C(c1cc3c(-c4cc(F)cc(CNS(=C)(=C)C)c4)cncc3[nH]1)N=2)NC(=C)CC(C)C. The van der Waals surface area contributed by atoms with E-state index in [9.17, 15) is 4.39 Å². The van der Waals surface area contributed by atoms with Gasteiger partial charge in [0, 0.05) is 40.3 Å². The average Bonchev–Trinajstić information content (AvgIpc) is 3.37. The highest BCUT2D eigenvalue weighted by atomic mass is 32.2. The summed E-state index contributed by atoms with van der Waals surface area (Å²) in [5, 5.41) is 6.37. The van der Waals surface area contributed by atoms with E-state index in [-0.39, 0.29) is 5.82 Å². The van der Waals surface area contributed by atoms with Crippen LogP contribution in [0, 0.1) is 11.7 Å². The van der Waals surface area contributed by atoms with Crippen molar-refractivity contribution in [3.05, 3.63) is 131 Å². The smallest absolute Gasteiger partial charge is 0.124 e. The second-order valence-corrected chi connectivity index (χ2v) is 14.7. The summed E-state index contributed by atoms with van der Waals surface area (Å²) in [7, 11) is -1.42. The molecular formula is C37H40FN5S. The normalized spacial score (nSPS) is 13.5. The highest BCUT2D eigenvalue weighted by Gasteiger charge is 2.17. The Morgan fingerprint density at radius 1 is 1.11 bits per heavy atom. The summed E-state index contributed by atoms with van der Waals surface area (Å²) in [5.74, 6) is 8.34. The number of rotatable bonds is 12. The van der Waals surface area contributed by atoms with Crippen molar-refractivity contribution in [2.45, 2.75) is 33.7 Å². The van der Waals surface area contributed by atoms with Gasteiger partial charge in [0.2, 0.25) is 0 Å². The van der Waals surface area contributed by atoms with Crippen molar-refractivity contribution in [2.75, 3.05) is 6.26 Å². The number of pyridine rings is 1. The lowest BCUT2D eigenvalue weighted by molar-refractivity contribution is 0.622. The summed E-state index contributed by atoms with van der Waals surface area (Å²) >= 11 is 0. The summed E-state index contributed by atoms with van der Waals surface area (Å²) in [6, 6.07) is 13.5. The van der Waals surface area contributed by atoms with Gasteiger partial charge in [0.25, 0.3) is 0 Å². The fourth-order valence-corrected chi connectivity index (χ4v) is 5.82. The van der Waals surface area contributed by atoms with Gasteiger partial charge in [-0.25, -0.2) is 9.38 Å².